The standard InChI is InChI=1S/C29H35N3O5/c1-20(2)17-29(4,30)19-36-25-12-11-23(15-21(25)3)24-13-14-31-26(16-24)32(5)27(33)37-28(34)35-18-22-9-7-6-8-10-22/h6-16,20H,17-19,30H2,1-5H3. The zero-order valence-electron chi connectivity index (χ0n) is 22.1. The highest BCUT2D eigenvalue weighted by Gasteiger charge is 2.22. The summed E-state index contributed by atoms with van der Waals surface area (Å²) in [4.78, 5) is 29.8. The van der Waals surface area contributed by atoms with Gasteiger partial charge in [0.25, 0.3) is 0 Å². The minimum Gasteiger partial charge on any atom is -0.491 e. The Labute approximate surface area is 218 Å². The van der Waals surface area contributed by atoms with Crippen LogP contribution in [0.25, 0.3) is 11.1 Å². The van der Waals surface area contributed by atoms with E-state index in [9.17, 15) is 9.59 Å². The lowest BCUT2D eigenvalue weighted by atomic mass is 9.93. The molecule has 3 rings (SSSR count). The molecule has 2 N–H and O–H groups in total. The van der Waals surface area contributed by atoms with Crippen LogP contribution < -0.4 is 15.4 Å². The third-order valence-corrected chi connectivity index (χ3v) is 5.67. The smallest absolute Gasteiger partial charge is 0.491 e. The van der Waals surface area contributed by atoms with E-state index in [-0.39, 0.29) is 6.61 Å². The Hall–Kier alpha value is -3.91. The van der Waals surface area contributed by atoms with Crippen molar-refractivity contribution in [3.05, 3.63) is 78.0 Å². The third-order valence-electron chi connectivity index (χ3n) is 5.67. The maximum atomic E-state index is 12.5. The Kier molecular flexibility index (Phi) is 9.25. The fraction of sp³-hybridized carbons (Fsp3) is 0.345. The van der Waals surface area contributed by atoms with Gasteiger partial charge in [-0.15, -0.1) is 0 Å². The van der Waals surface area contributed by atoms with Gasteiger partial charge in [0.2, 0.25) is 0 Å². The van der Waals surface area contributed by atoms with E-state index < -0.39 is 17.8 Å². The minimum atomic E-state index is -1.08. The predicted octanol–water partition coefficient (Wildman–Crippen LogP) is 6.11. The molecule has 37 heavy (non-hydrogen) atoms. The first-order chi connectivity index (χ1) is 17.5. The van der Waals surface area contributed by atoms with Gasteiger partial charge in [-0.1, -0.05) is 50.2 Å². The molecule has 1 atom stereocenters. The van der Waals surface area contributed by atoms with Crippen LogP contribution in [0.1, 0.15) is 38.3 Å². The second kappa shape index (κ2) is 12.4. The highest BCUT2D eigenvalue weighted by molar-refractivity contribution is 5.92. The molecule has 0 radical (unpaired) electrons. The average molecular weight is 506 g/mol. The van der Waals surface area contributed by atoms with Gasteiger partial charge in [-0.2, -0.15) is 0 Å². The van der Waals surface area contributed by atoms with E-state index in [0.29, 0.717) is 18.3 Å². The fourth-order valence-corrected chi connectivity index (χ4v) is 3.99. The SMILES string of the molecule is Cc1cc(-c2ccnc(N(C)C(=O)OC(=O)OCc3ccccc3)c2)ccc1OCC(C)(N)CC(C)C. The summed E-state index contributed by atoms with van der Waals surface area (Å²) in [5.74, 6) is 1.58. The number of anilines is 1. The second-order valence-corrected chi connectivity index (χ2v) is 9.87. The van der Waals surface area contributed by atoms with Crippen LogP contribution in [-0.2, 0) is 16.1 Å². The maximum Gasteiger partial charge on any atom is 0.517 e. The van der Waals surface area contributed by atoms with E-state index in [1.54, 1.807) is 24.4 Å². The van der Waals surface area contributed by atoms with Gasteiger partial charge in [0.15, 0.2) is 0 Å². The third kappa shape index (κ3) is 8.32. The van der Waals surface area contributed by atoms with Gasteiger partial charge in [-0.3, -0.25) is 4.90 Å². The van der Waals surface area contributed by atoms with Crippen molar-refractivity contribution >= 4 is 18.1 Å². The summed E-state index contributed by atoms with van der Waals surface area (Å²) in [5, 5.41) is 0. The van der Waals surface area contributed by atoms with Crippen molar-refractivity contribution in [3.63, 3.8) is 0 Å². The molecular formula is C29H35N3O5. The van der Waals surface area contributed by atoms with Gasteiger partial charge in [0.1, 0.15) is 24.8 Å². The van der Waals surface area contributed by atoms with E-state index in [4.69, 9.17) is 19.9 Å². The largest absolute Gasteiger partial charge is 0.517 e. The van der Waals surface area contributed by atoms with Gasteiger partial charge >= 0.3 is 12.2 Å². The van der Waals surface area contributed by atoms with Gasteiger partial charge < -0.3 is 19.9 Å². The van der Waals surface area contributed by atoms with Gasteiger partial charge in [0.05, 0.1) is 0 Å². The monoisotopic (exact) mass is 505 g/mol. The van der Waals surface area contributed by atoms with Crippen LogP contribution in [0.5, 0.6) is 5.75 Å². The van der Waals surface area contributed by atoms with E-state index >= 15 is 0 Å². The number of hydrogen-bond donors (Lipinski definition) is 1. The van der Waals surface area contributed by atoms with Crippen molar-refractivity contribution in [1.82, 2.24) is 4.98 Å². The number of nitrogens with zero attached hydrogens (tertiary/aromatic N) is 2. The van der Waals surface area contributed by atoms with Crippen LogP contribution in [0.15, 0.2) is 66.9 Å². The number of carbonyl (C=O) groups is 2. The summed E-state index contributed by atoms with van der Waals surface area (Å²) >= 11 is 0. The van der Waals surface area contributed by atoms with Crippen LogP contribution in [0.3, 0.4) is 0 Å². The van der Waals surface area contributed by atoms with Gasteiger partial charge in [0, 0.05) is 18.8 Å². The van der Waals surface area contributed by atoms with Crippen LogP contribution in [0, 0.1) is 12.8 Å². The molecule has 0 bridgehead atoms. The van der Waals surface area contributed by atoms with Crippen molar-refractivity contribution in [3.8, 4) is 16.9 Å². The Balaban J connectivity index is 1.62. The Morgan fingerprint density at radius 2 is 1.76 bits per heavy atom. The lowest BCUT2D eigenvalue weighted by molar-refractivity contribution is 0.0722. The number of amides is 1. The molecule has 8 nitrogen and oxygen atoms in total. The van der Waals surface area contributed by atoms with E-state index in [1.165, 1.54) is 7.05 Å². The van der Waals surface area contributed by atoms with E-state index in [2.05, 4.69) is 18.8 Å². The summed E-state index contributed by atoms with van der Waals surface area (Å²) in [6.07, 6.45) is 0.483. The number of aromatic nitrogens is 1. The van der Waals surface area contributed by atoms with Crippen molar-refractivity contribution in [2.24, 2.45) is 11.7 Å². The summed E-state index contributed by atoms with van der Waals surface area (Å²) in [7, 11) is 1.47. The number of rotatable bonds is 9. The summed E-state index contributed by atoms with van der Waals surface area (Å²) in [6, 6.07) is 18.6. The first-order valence-electron chi connectivity index (χ1n) is 12.2. The zero-order chi connectivity index (χ0) is 27.0. The van der Waals surface area contributed by atoms with Crippen LogP contribution in [0.4, 0.5) is 15.4 Å². The van der Waals surface area contributed by atoms with Crippen molar-refractivity contribution in [2.75, 3.05) is 18.6 Å². The van der Waals surface area contributed by atoms with Crippen LogP contribution >= 0.6 is 0 Å². The highest BCUT2D eigenvalue weighted by Crippen LogP contribution is 2.29. The second-order valence-electron chi connectivity index (χ2n) is 9.87. The maximum absolute atomic E-state index is 12.5. The van der Waals surface area contributed by atoms with Crippen molar-refractivity contribution in [2.45, 2.75) is 46.3 Å². The number of pyridine rings is 1. The topological polar surface area (TPSA) is 104 Å². The average Bonchev–Trinajstić information content (AvgIpc) is 2.86. The number of hydrogen-bond acceptors (Lipinski definition) is 7. The van der Waals surface area contributed by atoms with Crippen LogP contribution in [-0.4, -0.2) is 36.4 Å². The Morgan fingerprint density at radius 3 is 2.43 bits per heavy atom. The molecule has 0 spiro atoms. The number of aryl methyl sites for hydroxylation is 1. The number of carbonyl (C=O) groups excluding carboxylic acids is 2. The molecule has 3 aromatic rings. The molecule has 2 aromatic carbocycles. The Morgan fingerprint density at radius 1 is 1.05 bits per heavy atom. The lowest BCUT2D eigenvalue weighted by Crippen LogP contribution is -2.43. The quantitative estimate of drug-likeness (QED) is 0.276. The number of ether oxygens (including phenoxy) is 3. The Bertz CT molecular complexity index is 1210. The molecule has 0 aliphatic rings. The molecule has 1 unspecified atom stereocenters. The van der Waals surface area contributed by atoms with Crippen LogP contribution in [0.2, 0.25) is 0 Å². The molecule has 0 fully saturated rings. The molecule has 0 saturated carbocycles. The van der Waals surface area contributed by atoms with Crippen molar-refractivity contribution in [1.29, 1.82) is 0 Å². The molecule has 1 amide bonds. The number of nitrogens with two attached hydrogens (primary N) is 1. The van der Waals surface area contributed by atoms with Gasteiger partial charge in [-0.25, -0.2) is 14.6 Å². The first-order valence-corrected chi connectivity index (χ1v) is 12.2. The summed E-state index contributed by atoms with van der Waals surface area (Å²) in [5.41, 5.74) is 9.48. The predicted molar refractivity (Wildman–Crippen MR) is 143 cm³/mol. The molecule has 196 valence electrons. The molecule has 1 aromatic heterocycles. The van der Waals surface area contributed by atoms with E-state index in [0.717, 1.165) is 39.3 Å². The summed E-state index contributed by atoms with van der Waals surface area (Å²) < 4.78 is 15.8. The molecule has 0 saturated heterocycles. The molecule has 0 aliphatic carbocycles. The van der Waals surface area contributed by atoms with Gasteiger partial charge in [-0.05, 0) is 72.7 Å². The molecule has 1 heterocycles. The van der Waals surface area contributed by atoms with Crippen molar-refractivity contribution < 1.29 is 23.8 Å². The molecular weight excluding hydrogens is 470 g/mol. The number of benzene rings is 2. The first kappa shape index (κ1) is 27.7. The highest BCUT2D eigenvalue weighted by atomic mass is 16.7. The molecule has 8 heteroatoms. The molecule has 0 aliphatic heterocycles. The minimum absolute atomic E-state index is 0.00567. The fourth-order valence-electron chi connectivity index (χ4n) is 3.99. The zero-order valence-corrected chi connectivity index (χ0v) is 22.1. The normalized spacial score (nSPS) is 12.5. The lowest BCUT2D eigenvalue weighted by Gasteiger charge is -2.27. The van der Waals surface area contributed by atoms with E-state index in [1.807, 2.05) is 56.3 Å². The summed E-state index contributed by atoms with van der Waals surface area (Å²) in [6.45, 7) is 8.69.